The number of nitrogens with zero attached hydrogens (tertiary/aromatic N) is 4. The molecule has 4 aromatic rings. The van der Waals surface area contributed by atoms with E-state index in [1.54, 1.807) is 41.3 Å². The second kappa shape index (κ2) is 8.53. The normalized spacial score (nSPS) is 11.5. The van der Waals surface area contributed by atoms with Crippen molar-refractivity contribution in [2.75, 3.05) is 0 Å². The summed E-state index contributed by atoms with van der Waals surface area (Å²) in [5.74, 6) is 0.673. The van der Waals surface area contributed by atoms with E-state index in [2.05, 4.69) is 22.1 Å². The quantitative estimate of drug-likeness (QED) is 0.159. The topological polar surface area (TPSA) is 92.7 Å². The van der Waals surface area contributed by atoms with Gasteiger partial charge in [0, 0.05) is 23.3 Å². The van der Waals surface area contributed by atoms with Crippen molar-refractivity contribution in [2.24, 2.45) is 0 Å². The molecule has 0 atom stereocenters. The van der Waals surface area contributed by atoms with E-state index in [1.165, 1.54) is 23.5 Å². The monoisotopic (exact) mass is 436 g/mol. The number of nitro benzene ring substituents is 1. The Balaban J connectivity index is 1.47. The minimum absolute atomic E-state index is 0.0177. The van der Waals surface area contributed by atoms with Crippen LogP contribution >= 0.6 is 34.4 Å². The van der Waals surface area contributed by atoms with Gasteiger partial charge in [0.15, 0.2) is 4.34 Å². The van der Waals surface area contributed by atoms with Gasteiger partial charge in [0.2, 0.25) is 0 Å². The molecule has 0 spiro atoms. The molecule has 0 radical (unpaired) electrons. The zero-order valence-electron chi connectivity index (χ0n) is 14.8. The lowest BCUT2D eigenvalue weighted by Gasteiger charge is -1.96. The highest BCUT2D eigenvalue weighted by molar-refractivity contribution is 8.00. The highest BCUT2D eigenvalue weighted by Crippen LogP contribution is 2.32. The van der Waals surface area contributed by atoms with E-state index >= 15 is 0 Å². The number of allylic oxidation sites excluding steroid dienone is 1. The van der Waals surface area contributed by atoms with Crippen LogP contribution in [0.1, 0.15) is 16.3 Å². The van der Waals surface area contributed by atoms with E-state index in [0.29, 0.717) is 21.9 Å². The number of benzene rings is 2. The number of thiazole rings is 2. The molecule has 0 bridgehead atoms. The van der Waals surface area contributed by atoms with Crippen LogP contribution in [0.25, 0.3) is 21.9 Å². The number of para-hydroxylation sites is 1. The van der Waals surface area contributed by atoms with Crippen LogP contribution in [-0.4, -0.2) is 14.9 Å². The molecule has 0 fully saturated rings. The van der Waals surface area contributed by atoms with Gasteiger partial charge < -0.3 is 0 Å². The third-order valence-electron chi connectivity index (χ3n) is 3.94. The molecular formula is C20H12N4O2S3. The minimum atomic E-state index is -0.449. The van der Waals surface area contributed by atoms with Crippen LogP contribution in [0.5, 0.6) is 0 Å². The number of hydrogen-bond donors (Lipinski definition) is 0. The molecule has 142 valence electrons. The first kappa shape index (κ1) is 19.3. The van der Waals surface area contributed by atoms with Gasteiger partial charge in [0.1, 0.15) is 11.1 Å². The van der Waals surface area contributed by atoms with Crippen molar-refractivity contribution in [1.29, 1.82) is 5.26 Å². The molecule has 2 aromatic heterocycles. The molecule has 0 aliphatic carbocycles. The van der Waals surface area contributed by atoms with Crippen LogP contribution in [0.4, 0.5) is 5.69 Å². The molecule has 0 aliphatic rings. The molecule has 9 heteroatoms. The summed E-state index contributed by atoms with van der Waals surface area (Å²) in [6.07, 6.45) is 1.69. The van der Waals surface area contributed by atoms with Crippen molar-refractivity contribution in [2.45, 2.75) is 10.1 Å². The Morgan fingerprint density at radius 3 is 2.72 bits per heavy atom. The van der Waals surface area contributed by atoms with E-state index in [0.717, 1.165) is 20.3 Å². The third kappa shape index (κ3) is 4.51. The number of nitriles is 1. The highest BCUT2D eigenvalue weighted by atomic mass is 32.2. The Morgan fingerprint density at radius 1 is 1.21 bits per heavy atom. The fourth-order valence-corrected chi connectivity index (χ4v) is 5.40. The van der Waals surface area contributed by atoms with Gasteiger partial charge in [-0.15, -0.1) is 22.7 Å². The molecule has 6 nitrogen and oxygen atoms in total. The second-order valence-electron chi connectivity index (χ2n) is 5.90. The van der Waals surface area contributed by atoms with Crippen molar-refractivity contribution in [3.63, 3.8) is 0 Å². The highest BCUT2D eigenvalue weighted by Gasteiger charge is 2.10. The predicted molar refractivity (Wildman–Crippen MR) is 118 cm³/mol. The number of rotatable bonds is 6. The van der Waals surface area contributed by atoms with Crippen LogP contribution in [0.15, 0.2) is 58.3 Å². The molecular weight excluding hydrogens is 424 g/mol. The van der Waals surface area contributed by atoms with Crippen LogP contribution in [0, 0.1) is 21.4 Å². The largest absolute Gasteiger partial charge is 0.269 e. The molecule has 0 saturated carbocycles. The average molecular weight is 437 g/mol. The SMILES string of the molecule is N#C/C(=C\c1ccc([N+](=O)[O-])cc1)c1nc(CSc2nc3ccccc3s2)cs1. The molecule has 0 unspecified atom stereocenters. The van der Waals surface area contributed by atoms with Gasteiger partial charge >= 0.3 is 0 Å². The summed E-state index contributed by atoms with van der Waals surface area (Å²) in [4.78, 5) is 19.5. The molecule has 2 aromatic carbocycles. The van der Waals surface area contributed by atoms with Gasteiger partial charge in [-0.1, -0.05) is 23.9 Å². The third-order valence-corrected chi connectivity index (χ3v) is 7.07. The summed E-state index contributed by atoms with van der Waals surface area (Å²) in [5.41, 5.74) is 3.05. The summed E-state index contributed by atoms with van der Waals surface area (Å²) >= 11 is 4.69. The number of thioether (sulfide) groups is 1. The molecule has 0 saturated heterocycles. The van der Waals surface area contributed by atoms with Crippen molar-refractivity contribution in [3.05, 3.63) is 80.3 Å². The molecule has 4 rings (SSSR count). The van der Waals surface area contributed by atoms with Crippen molar-refractivity contribution in [3.8, 4) is 6.07 Å². The Kier molecular flexibility index (Phi) is 5.67. The van der Waals surface area contributed by atoms with E-state index in [1.807, 2.05) is 23.6 Å². The fourth-order valence-electron chi connectivity index (χ4n) is 2.55. The van der Waals surface area contributed by atoms with Gasteiger partial charge in [-0.3, -0.25) is 10.1 Å². The van der Waals surface area contributed by atoms with Crippen molar-refractivity contribution < 1.29 is 4.92 Å². The Bertz CT molecular complexity index is 1220. The summed E-state index contributed by atoms with van der Waals surface area (Å²) in [6.45, 7) is 0. The maximum atomic E-state index is 10.8. The fraction of sp³-hybridized carbons (Fsp3) is 0.0500. The van der Waals surface area contributed by atoms with Gasteiger partial charge in [-0.05, 0) is 35.9 Å². The number of nitro groups is 1. The average Bonchev–Trinajstić information content (AvgIpc) is 3.37. The van der Waals surface area contributed by atoms with Gasteiger partial charge in [-0.25, -0.2) is 9.97 Å². The smallest absolute Gasteiger partial charge is 0.258 e. The lowest BCUT2D eigenvalue weighted by Crippen LogP contribution is -1.87. The number of aromatic nitrogens is 2. The summed E-state index contributed by atoms with van der Waals surface area (Å²) in [7, 11) is 0. The number of fused-ring (bicyclic) bond motifs is 1. The zero-order valence-corrected chi connectivity index (χ0v) is 17.3. The van der Waals surface area contributed by atoms with Crippen LogP contribution in [0.3, 0.4) is 0 Å². The number of hydrogen-bond acceptors (Lipinski definition) is 8. The first-order valence-corrected chi connectivity index (χ1v) is 11.1. The van der Waals surface area contributed by atoms with Crippen molar-refractivity contribution >= 4 is 62.0 Å². The van der Waals surface area contributed by atoms with Crippen molar-refractivity contribution in [1.82, 2.24) is 9.97 Å². The van der Waals surface area contributed by atoms with Gasteiger partial charge in [0.25, 0.3) is 5.69 Å². The Morgan fingerprint density at radius 2 is 2.00 bits per heavy atom. The summed E-state index contributed by atoms with van der Waals surface area (Å²) in [5, 5.41) is 22.8. The van der Waals surface area contributed by atoms with E-state index < -0.39 is 4.92 Å². The summed E-state index contributed by atoms with van der Waals surface area (Å²) < 4.78 is 2.15. The Hall–Kier alpha value is -3.06. The first-order chi connectivity index (χ1) is 14.1. The van der Waals surface area contributed by atoms with E-state index in [-0.39, 0.29) is 5.69 Å². The molecule has 0 amide bonds. The minimum Gasteiger partial charge on any atom is -0.258 e. The summed E-state index contributed by atoms with van der Waals surface area (Å²) in [6, 6.07) is 16.3. The second-order valence-corrected chi connectivity index (χ2v) is 9.01. The standard InChI is InChI=1S/C20H12N4O2S3/c21-10-14(9-13-5-7-16(8-6-13)24(25)26)19-22-15(11-27-19)12-28-20-23-17-3-1-2-4-18(17)29-20/h1-9,11H,12H2/b14-9+. The maximum absolute atomic E-state index is 10.8. The predicted octanol–water partition coefficient (Wildman–Crippen LogP) is 6.02. The lowest BCUT2D eigenvalue weighted by molar-refractivity contribution is -0.384. The van der Waals surface area contributed by atoms with Gasteiger partial charge in [0.05, 0.1) is 26.4 Å². The number of non-ortho nitro benzene ring substituents is 1. The van der Waals surface area contributed by atoms with E-state index in [9.17, 15) is 15.4 Å². The zero-order chi connectivity index (χ0) is 20.2. The lowest BCUT2D eigenvalue weighted by atomic mass is 10.1. The maximum Gasteiger partial charge on any atom is 0.269 e. The molecule has 0 N–H and O–H groups in total. The Labute approximate surface area is 178 Å². The first-order valence-electron chi connectivity index (χ1n) is 8.42. The van der Waals surface area contributed by atoms with Crippen LogP contribution in [0.2, 0.25) is 0 Å². The molecule has 0 aliphatic heterocycles. The van der Waals surface area contributed by atoms with E-state index in [4.69, 9.17) is 0 Å². The molecule has 2 heterocycles. The molecule has 29 heavy (non-hydrogen) atoms. The van der Waals surface area contributed by atoms with Crippen LogP contribution < -0.4 is 0 Å². The van der Waals surface area contributed by atoms with Gasteiger partial charge in [-0.2, -0.15) is 5.26 Å². The van der Waals surface area contributed by atoms with Crippen LogP contribution in [-0.2, 0) is 5.75 Å².